The van der Waals surface area contributed by atoms with Crippen LogP contribution >= 0.6 is 23.5 Å². The second kappa shape index (κ2) is 26.4. The van der Waals surface area contributed by atoms with Gasteiger partial charge in [0.2, 0.25) is 0 Å². The van der Waals surface area contributed by atoms with E-state index in [1.54, 1.807) is 24.8 Å². The van der Waals surface area contributed by atoms with E-state index in [9.17, 15) is 19.2 Å². The van der Waals surface area contributed by atoms with Crippen LogP contribution in [0.2, 0.25) is 0 Å². The normalized spacial score (nSPS) is 11.9. The van der Waals surface area contributed by atoms with Crippen LogP contribution in [0.4, 0.5) is 9.59 Å². The van der Waals surface area contributed by atoms with Crippen molar-refractivity contribution >= 4 is 53.7 Å². The van der Waals surface area contributed by atoms with Gasteiger partial charge in [-0.2, -0.15) is 0 Å². The molecule has 0 bridgehead atoms. The van der Waals surface area contributed by atoms with Crippen LogP contribution in [0.1, 0.15) is 43.4 Å². The number of esters is 2. The summed E-state index contributed by atoms with van der Waals surface area (Å²) in [7, 11) is 0. The molecule has 4 aromatic carbocycles. The summed E-state index contributed by atoms with van der Waals surface area (Å²) in [4.78, 5) is 51.4. The van der Waals surface area contributed by atoms with Gasteiger partial charge < -0.3 is 39.1 Å². The van der Waals surface area contributed by atoms with Crippen LogP contribution in [-0.2, 0) is 28.5 Å². The van der Waals surface area contributed by atoms with Crippen LogP contribution < -0.4 is 20.1 Å². The Morgan fingerprint density at radius 2 is 1.23 bits per heavy atom. The number of aryl methyl sites for hydroxylation is 1. The van der Waals surface area contributed by atoms with E-state index < -0.39 is 36.3 Å². The van der Waals surface area contributed by atoms with Gasteiger partial charge >= 0.3 is 24.1 Å². The highest BCUT2D eigenvalue weighted by atomic mass is 32.2. The first-order valence-corrected chi connectivity index (χ1v) is 21.8. The Morgan fingerprint density at radius 1 is 0.689 bits per heavy atom. The molecule has 61 heavy (non-hydrogen) atoms. The highest BCUT2D eigenvalue weighted by molar-refractivity contribution is 7.99. The van der Waals surface area contributed by atoms with Gasteiger partial charge in [-0.1, -0.05) is 80.6 Å². The molecule has 0 spiro atoms. The lowest BCUT2D eigenvalue weighted by atomic mass is 10.0. The van der Waals surface area contributed by atoms with Crippen molar-refractivity contribution in [1.29, 1.82) is 0 Å². The summed E-state index contributed by atoms with van der Waals surface area (Å²) in [5.41, 5.74) is 3.31. The molecule has 0 aliphatic carbocycles. The molecule has 2 N–H and O–H groups in total. The fraction of sp³-hybridized carbons (Fsp3) is 0.319. The van der Waals surface area contributed by atoms with Crippen molar-refractivity contribution in [2.24, 2.45) is 0 Å². The van der Waals surface area contributed by atoms with Gasteiger partial charge in [0.1, 0.15) is 50.1 Å². The maximum Gasteiger partial charge on any atom is 0.407 e. The molecule has 2 amide bonds. The number of amides is 2. The molecule has 324 valence electrons. The number of nitrogens with one attached hydrogen (secondary N) is 2. The van der Waals surface area contributed by atoms with Gasteiger partial charge in [0.05, 0.1) is 13.1 Å². The zero-order valence-electron chi connectivity index (χ0n) is 35.0. The van der Waals surface area contributed by atoms with Crippen LogP contribution in [-0.4, -0.2) is 87.4 Å². The summed E-state index contributed by atoms with van der Waals surface area (Å²) >= 11 is 3.00. The number of ether oxygens (including phenoxy) is 6. The number of rotatable bonds is 24. The molecule has 0 saturated heterocycles. The van der Waals surface area contributed by atoms with E-state index in [-0.39, 0.29) is 45.1 Å². The lowest BCUT2D eigenvalue weighted by Gasteiger charge is -2.19. The summed E-state index contributed by atoms with van der Waals surface area (Å²) in [5, 5.41) is 5.23. The minimum absolute atomic E-state index is 0.0279. The average molecular weight is 871 g/mol. The van der Waals surface area contributed by atoms with Gasteiger partial charge in [-0.3, -0.25) is 0 Å². The minimum Gasteiger partial charge on any atom is -0.490 e. The van der Waals surface area contributed by atoms with Crippen molar-refractivity contribution in [2.75, 3.05) is 51.0 Å². The molecule has 0 aliphatic heterocycles. The fourth-order valence-corrected chi connectivity index (χ4v) is 6.95. The second-order valence-electron chi connectivity index (χ2n) is 14.0. The minimum atomic E-state index is -0.677. The van der Waals surface area contributed by atoms with Crippen molar-refractivity contribution in [3.05, 3.63) is 138 Å². The van der Waals surface area contributed by atoms with E-state index in [1.165, 1.54) is 23.4 Å². The number of hydrogen-bond acceptors (Lipinski definition) is 12. The van der Waals surface area contributed by atoms with E-state index in [1.807, 2.05) is 110 Å². The monoisotopic (exact) mass is 870 g/mol. The molecule has 0 fully saturated rings. The third-order valence-corrected chi connectivity index (χ3v) is 10.7. The maximum absolute atomic E-state index is 12.7. The van der Waals surface area contributed by atoms with Crippen LogP contribution in [0.25, 0.3) is 6.08 Å². The molecule has 0 aliphatic rings. The molecule has 14 heteroatoms. The van der Waals surface area contributed by atoms with Crippen molar-refractivity contribution in [1.82, 2.24) is 10.6 Å². The Morgan fingerprint density at radius 3 is 1.80 bits per heavy atom. The fourth-order valence-electron chi connectivity index (χ4n) is 5.12. The highest BCUT2D eigenvalue weighted by Crippen LogP contribution is 2.24. The summed E-state index contributed by atoms with van der Waals surface area (Å²) < 4.78 is 33.6. The Labute approximate surface area is 366 Å². The number of carbonyl (C=O) groups is 4. The molecule has 4 aromatic rings. The Balaban J connectivity index is 1.23. The second-order valence-corrected chi connectivity index (χ2v) is 16.2. The quantitative estimate of drug-likeness (QED) is 0.0228. The van der Waals surface area contributed by atoms with Crippen LogP contribution in [0.5, 0.6) is 11.5 Å². The molecular weight excluding hydrogens is 817 g/mol. The molecule has 0 heterocycles. The number of carbonyl (C=O) groups excluding carboxylic acids is 4. The summed E-state index contributed by atoms with van der Waals surface area (Å²) in [5.74, 6) is 1.42. The predicted molar refractivity (Wildman–Crippen MR) is 239 cm³/mol. The number of hydrogen-bond donors (Lipinski definition) is 2. The summed E-state index contributed by atoms with van der Waals surface area (Å²) in [6.07, 6.45) is 0.435. The highest BCUT2D eigenvalue weighted by Gasteiger charge is 2.18. The number of benzene rings is 4. The van der Waals surface area contributed by atoms with Gasteiger partial charge in [-0.05, 0) is 85.5 Å². The first kappa shape index (κ1) is 47.8. The van der Waals surface area contributed by atoms with E-state index in [0.717, 1.165) is 20.9 Å². The Hall–Kier alpha value is -5.86. The van der Waals surface area contributed by atoms with Gasteiger partial charge in [0, 0.05) is 32.9 Å². The maximum atomic E-state index is 12.7. The standard InChI is InChI=1S/C47H54N2O10S2/c1-33(2)37-17-21-39(22-18-37)57-30-41(59-47(53)49-25-27-55-45(51)34(3)4)32-61-43-13-9-10-36(28-43)16-23-44(50)54-26-24-48-46(52)58-40(31-60-42-11-7-6-8-12-42)29-56-38-19-14-35(5)15-20-38/h6-23,28,33,40-41H,3,24-27,29-32H2,1-2,4-5H3,(H,48,52)(H,49,53)/b23-16+. The molecule has 0 saturated carbocycles. The topological polar surface area (TPSA) is 148 Å². The third-order valence-electron chi connectivity index (χ3n) is 8.44. The van der Waals surface area contributed by atoms with Gasteiger partial charge in [0.25, 0.3) is 0 Å². The van der Waals surface area contributed by atoms with Crippen LogP contribution in [0.3, 0.4) is 0 Å². The SMILES string of the molecule is C=C(C)C(=O)OCCNC(=O)OC(COc1ccc(C(C)C)cc1)CSc1cccc(/C=C/C(=O)OCCNC(=O)OC(COc2ccc(C)cc2)CSc2ccccc2)c1. The van der Waals surface area contributed by atoms with Crippen LogP contribution in [0, 0.1) is 6.92 Å². The largest absolute Gasteiger partial charge is 0.490 e. The van der Waals surface area contributed by atoms with Crippen molar-refractivity contribution < 1.29 is 47.6 Å². The van der Waals surface area contributed by atoms with Gasteiger partial charge in [0.15, 0.2) is 0 Å². The molecular formula is C47H54N2O10S2. The first-order chi connectivity index (χ1) is 29.4. The summed E-state index contributed by atoms with van der Waals surface area (Å²) in [6.45, 7) is 11.6. The Kier molecular flexibility index (Phi) is 20.7. The average Bonchev–Trinajstić information content (AvgIpc) is 3.26. The molecule has 12 nitrogen and oxygen atoms in total. The van der Waals surface area contributed by atoms with Gasteiger partial charge in [-0.25, -0.2) is 19.2 Å². The molecule has 0 radical (unpaired) electrons. The van der Waals surface area contributed by atoms with Crippen molar-refractivity contribution in [3.8, 4) is 11.5 Å². The summed E-state index contributed by atoms with van der Waals surface area (Å²) in [6, 6.07) is 32.7. The van der Waals surface area contributed by atoms with Crippen molar-refractivity contribution in [3.63, 3.8) is 0 Å². The molecule has 4 rings (SSSR count). The van der Waals surface area contributed by atoms with E-state index in [0.29, 0.717) is 28.9 Å². The van der Waals surface area contributed by atoms with E-state index in [4.69, 9.17) is 28.4 Å². The predicted octanol–water partition coefficient (Wildman–Crippen LogP) is 9.03. The Bertz CT molecular complexity index is 2030. The van der Waals surface area contributed by atoms with Crippen LogP contribution in [0.15, 0.2) is 131 Å². The molecule has 2 atom stereocenters. The van der Waals surface area contributed by atoms with E-state index in [2.05, 4.69) is 31.1 Å². The van der Waals surface area contributed by atoms with E-state index >= 15 is 0 Å². The van der Waals surface area contributed by atoms with Gasteiger partial charge in [-0.15, -0.1) is 23.5 Å². The number of alkyl carbamates (subject to hydrolysis) is 2. The first-order valence-electron chi connectivity index (χ1n) is 19.8. The zero-order chi connectivity index (χ0) is 43.8. The third kappa shape index (κ3) is 19.4. The number of thioether (sulfide) groups is 2. The van der Waals surface area contributed by atoms with Crippen molar-refractivity contribution in [2.45, 2.75) is 55.6 Å². The molecule has 2 unspecified atom stereocenters. The molecule has 0 aromatic heterocycles. The lowest BCUT2D eigenvalue weighted by Crippen LogP contribution is -2.35. The zero-order valence-corrected chi connectivity index (χ0v) is 36.6. The lowest BCUT2D eigenvalue weighted by molar-refractivity contribution is -0.139. The smallest absolute Gasteiger partial charge is 0.407 e.